The second-order valence-electron chi connectivity index (χ2n) is 9.86. The summed E-state index contributed by atoms with van der Waals surface area (Å²) in [5.74, 6) is -0.816. The molecule has 0 aromatic carbocycles. The quantitative estimate of drug-likeness (QED) is 0.139. The third-order valence-electron chi connectivity index (χ3n) is 5.95. The molecule has 0 aromatic rings. The number of carbonyl (C=O) groups is 6. The van der Waals surface area contributed by atoms with E-state index in [1.165, 1.54) is 0 Å². The maximum absolute atomic E-state index is 12.0. The van der Waals surface area contributed by atoms with Gasteiger partial charge in [0.15, 0.2) is 0 Å². The van der Waals surface area contributed by atoms with Crippen LogP contribution in [0.5, 0.6) is 0 Å². The lowest BCUT2D eigenvalue weighted by atomic mass is 10.1. The Bertz CT molecular complexity index is 811. The minimum Gasteiger partial charge on any atom is -0.356 e. The molecule has 2 aliphatic carbocycles. The zero-order valence-corrected chi connectivity index (χ0v) is 21.9. The largest absolute Gasteiger partial charge is 0.356 e. The first-order chi connectivity index (χ1) is 17.7. The van der Waals surface area contributed by atoms with E-state index in [1.54, 1.807) is 11.9 Å². The predicted molar refractivity (Wildman–Crippen MR) is 136 cm³/mol. The molecule has 0 aromatic heterocycles. The molecule has 2 rings (SSSR count). The fourth-order valence-corrected chi connectivity index (χ4v) is 3.48. The molecule has 208 valence electrons. The molecule has 2 aliphatic rings. The van der Waals surface area contributed by atoms with Crippen LogP contribution in [0, 0.1) is 0 Å². The minimum atomic E-state index is -0.269. The van der Waals surface area contributed by atoms with Gasteiger partial charge < -0.3 is 26.6 Å². The van der Waals surface area contributed by atoms with Gasteiger partial charge in [0, 0.05) is 70.2 Å². The summed E-state index contributed by atoms with van der Waals surface area (Å²) in [5.41, 5.74) is 0. The summed E-state index contributed by atoms with van der Waals surface area (Å²) in [6, 6.07) is 0.605. The number of Topliss-reactive ketones (excluding diaryl/α,β-unsaturated/α-hetero) is 1. The van der Waals surface area contributed by atoms with E-state index in [4.69, 9.17) is 0 Å². The molecule has 2 saturated carbocycles. The lowest BCUT2D eigenvalue weighted by molar-refractivity contribution is -0.125. The maximum atomic E-state index is 12.0. The molecule has 0 spiro atoms. The van der Waals surface area contributed by atoms with Crippen LogP contribution in [-0.2, 0) is 28.8 Å². The van der Waals surface area contributed by atoms with Gasteiger partial charge in [0.05, 0.1) is 6.54 Å². The van der Waals surface area contributed by atoms with Crippen molar-refractivity contribution in [3.8, 4) is 0 Å². The molecule has 12 heteroatoms. The molecular formula is C25H42N6O6. The zero-order chi connectivity index (χ0) is 27.0. The van der Waals surface area contributed by atoms with Gasteiger partial charge in [-0.3, -0.25) is 33.7 Å². The number of rotatable bonds is 20. The van der Waals surface area contributed by atoms with E-state index in [0.717, 1.165) is 25.7 Å². The predicted octanol–water partition coefficient (Wildman–Crippen LogP) is -0.876. The molecule has 0 bridgehead atoms. The van der Waals surface area contributed by atoms with Crippen LogP contribution in [0.15, 0.2) is 0 Å². The number of carbonyl (C=O) groups excluding carboxylic acids is 6. The number of amides is 5. The van der Waals surface area contributed by atoms with Crippen molar-refractivity contribution in [2.75, 3.05) is 39.8 Å². The Kier molecular flexibility index (Phi) is 13.6. The molecule has 0 saturated heterocycles. The molecule has 0 heterocycles. The average molecular weight is 523 g/mol. The van der Waals surface area contributed by atoms with Crippen LogP contribution in [0.4, 0.5) is 0 Å². The van der Waals surface area contributed by atoms with Crippen molar-refractivity contribution in [3.05, 3.63) is 0 Å². The molecule has 12 nitrogen and oxygen atoms in total. The first-order valence-corrected chi connectivity index (χ1v) is 13.3. The SMILES string of the molecule is CN(CCCC(=O)CCC(=O)NC1CC1)CC(=O)NCCC(=O)NCCC(=O)NCCC(=O)NC1CC1. The Hall–Kier alpha value is -3.02. The highest BCUT2D eigenvalue weighted by molar-refractivity contribution is 5.85. The zero-order valence-electron chi connectivity index (χ0n) is 21.9. The summed E-state index contributed by atoms with van der Waals surface area (Å²) < 4.78 is 0. The molecule has 0 unspecified atom stereocenters. The van der Waals surface area contributed by atoms with Crippen LogP contribution in [0.1, 0.15) is 70.6 Å². The molecule has 0 radical (unpaired) electrons. The number of nitrogens with zero attached hydrogens (tertiary/aromatic N) is 1. The second-order valence-corrected chi connectivity index (χ2v) is 9.86. The molecule has 0 aliphatic heterocycles. The molecule has 37 heavy (non-hydrogen) atoms. The summed E-state index contributed by atoms with van der Waals surface area (Å²) in [7, 11) is 1.78. The summed E-state index contributed by atoms with van der Waals surface area (Å²) >= 11 is 0. The lowest BCUT2D eigenvalue weighted by Crippen LogP contribution is -2.38. The molecular weight excluding hydrogens is 480 g/mol. The highest BCUT2D eigenvalue weighted by atomic mass is 16.2. The smallest absolute Gasteiger partial charge is 0.234 e. The first-order valence-electron chi connectivity index (χ1n) is 13.3. The number of nitrogens with one attached hydrogen (secondary N) is 5. The Morgan fingerprint density at radius 1 is 0.595 bits per heavy atom. The molecule has 5 N–H and O–H groups in total. The van der Waals surface area contributed by atoms with Gasteiger partial charge in [-0.1, -0.05) is 0 Å². The third kappa shape index (κ3) is 16.4. The molecule has 2 fully saturated rings. The van der Waals surface area contributed by atoms with Crippen molar-refractivity contribution < 1.29 is 28.8 Å². The van der Waals surface area contributed by atoms with Gasteiger partial charge >= 0.3 is 0 Å². The van der Waals surface area contributed by atoms with E-state index in [0.29, 0.717) is 31.5 Å². The minimum absolute atomic E-state index is 0.0450. The fourth-order valence-electron chi connectivity index (χ4n) is 3.48. The van der Waals surface area contributed by atoms with Crippen LogP contribution in [0.3, 0.4) is 0 Å². The summed E-state index contributed by atoms with van der Waals surface area (Å²) in [6.07, 6.45) is 6.00. The van der Waals surface area contributed by atoms with Crippen LogP contribution in [-0.4, -0.2) is 92.1 Å². The van der Waals surface area contributed by atoms with Crippen molar-refractivity contribution in [1.29, 1.82) is 0 Å². The Balaban J connectivity index is 1.39. The third-order valence-corrected chi connectivity index (χ3v) is 5.95. The standard InChI is InChI=1S/C25H42N6O6/c1-31(16-2-3-20(32)8-9-23(35)29-18-4-5-18)17-25(37)28-14-11-22(34)26-13-10-21(33)27-15-12-24(36)30-19-6-7-19/h18-19H,2-17H2,1H3,(H,26,34)(H,27,33)(H,28,37)(H,29,35)(H,30,36). The van der Waals surface area contributed by atoms with Gasteiger partial charge in [0.1, 0.15) is 5.78 Å². The van der Waals surface area contributed by atoms with E-state index < -0.39 is 0 Å². The van der Waals surface area contributed by atoms with E-state index in [9.17, 15) is 28.8 Å². The molecule has 5 amide bonds. The normalized spacial score (nSPS) is 14.5. The van der Waals surface area contributed by atoms with Crippen molar-refractivity contribution in [1.82, 2.24) is 31.5 Å². The van der Waals surface area contributed by atoms with E-state index in [2.05, 4.69) is 26.6 Å². The maximum Gasteiger partial charge on any atom is 0.234 e. The summed E-state index contributed by atoms with van der Waals surface area (Å²) in [5, 5.41) is 13.7. The Morgan fingerprint density at radius 3 is 1.57 bits per heavy atom. The van der Waals surface area contributed by atoms with Crippen molar-refractivity contribution in [3.63, 3.8) is 0 Å². The van der Waals surface area contributed by atoms with Crippen LogP contribution < -0.4 is 26.6 Å². The van der Waals surface area contributed by atoms with Gasteiger partial charge in [-0.25, -0.2) is 0 Å². The van der Waals surface area contributed by atoms with Crippen LogP contribution >= 0.6 is 0 Å². The van der Waals surface area contributed by atoms with Crippen molar-refractivity contribution in [2.24, 2.45) is 0 Å². The topological polar surface area (TPSA) is 166 Å². The summed E-state index contributed by atoms with van der Waals surface area (Å²) in [4.78, 5) is 72.6. The van der Waals surface area contributed by atoms with Gasteiger partial charge in [-0.15, -0.1) is 0 Å². The Labute approximate surface area is 218 Å². The monoisotopic (exact) mass is 522 g/mol. The first kappa shape index (κ1) is 30.2. The average Bonchev–Trinajstić information content (AvgIpc) is 3.75. The fraction of sp³-hybridized carbons (Fsp3) is 0.760. The number of likely N-dealkylation sites (N-methyl/N-ethyl adjacent to an activating group) is 1. The highest BCUT2D eigenvalue weighted by Gasteiger charge is 2.23. The van der Waals surface area contributed by atoms with Gasteiger partial charge in [-0.2, -0.15) is 0 Å². The second kappa shape index (κ2) is 16.7. The van der Waals surface area contributed by atoms with Crippen LogP contribution in [0.25, 0.3) is 0 Å². The van der Waals surface area contributed by atoms with E-state index >= 15 is 0 Å². The van der Waals surface area contributed by atoms with E-state index in [1.807, 2.05) is 0 Å². The summed E-state index contributed by atoms with van der Waals surface area (Å²) in [6.45, 7) is 1.35. The van der Waals surface area contributed by atoms with Crippen molar-refractivity contribution >= 4 is 35.3 Å². The van der Waals surface area contributed by atoms with Gasteiger partial charge in [-0.05, 0) is 45.7 Å². The van der Waals surface area contributed by atoms with Crippen LogP contribution in [0.2, 0.25) is 0 Å². The van der Waals surface area contributed by atoms with E-state index in [-0.39, 0.29) is 93.6 Å². The van der Waals surface area contributed by atoms with Crippen molar-refractivity contribution in [2.45, 2.75) is 82.7 Å². The van der Waals surface area contributed by atoms with Gasteiger partial charge in [0.2, 0.25) is 29.5 Å². The highest BCUT2D eigenvalue weighted by Crippen LogP contribution is 2.19. The lowest BCUT2D eigenvalue weighted by Gasteiger charge is -2.16. The Morgan fingerprint density at radius 2 is 1.05 bits per heavy atom. The number of hydrogen-bond acceptors (Lipinski definition) is 7. The number of ketones is 1. The number of hydrogen-bond donors (Lipinski definition) is 5. The molecule has 0 atom stereocenters. The van der Waals surface area contributed by atoms with Gasteiger partial charge in [0.25, 0.3) is 0 Å².